The summed E-state index contributed by atoms with van der Waals surface area (Å²) in [5.41, 5.74) is 6.53. The molecule has 0 aromatic heterocycles. The minimum absolute atomic E-state index is 0.0517. The van der Waals surface area contributed by atoms with E-state index in [9.17, 15) is 4.79 Å². The van der Waals surface area contributed by atoms with Gasteiger partial charge in [-0.15, -0.1) is 0 Å². The maximum absolute atomic E-state index is 12.4. The van der Waals surface area contributed by atoms with Crippen molar-refractivity contribution >= 4 is 5.91 Å². The van der Waals surface area contributed by atoms with Crippen molar-refractivity contribution in [2.75, 3.05) is 40.0 Å². The zero-order valence-corrected chi connectivity index (χ0v) is 13.1. The third-order valence-electron chi connectivity index (χ3n) is 3.86. The van der Waals surface area contributed by atoms with Crippen LogP contribution in [-0.2, 0) is 0 Å². The van der Waals surface area contributed by atoms with Gasteiger partial charge in [-0.25, -0.2) is 0 Å². The quantitative estimate of drug-likeness (QED) is 0.749. The molecule has 0 spiro atoms. The molecule has 1 aliphatic heterocycles. The van der Waals surface area contributed by atoms with Crippen LogP contribution in [0.1, 0.15) is 23.2 Å². The maximum atomic E-state index is 12.4. The van der Waals surface area contributed by atoms with Crippen LogP contribution in [0, 0.1) is 0 Å². The number of nitrogens with zero attached hydrogens (tertiary/aromatic N) is 2. The van der Waals surface area contributed by atoms with Gasteiger partial charge in [-0.05, 0) is 44.2 Å². The summed E-state index contributed by atoms with van der Waals surface area (Å²) >= 11 is 0. The van der Waals surface area contributed by atoms with E-state index in [-0.39, 0.29) is 18.6 Å². The van der Waals surface area contributed by atoms with Crippen LogP contribution < -0.4 is 10.5 Å². The third kappa shape index (κ3) is 4.69. The second kappa shape index (κ2) is 8.12. The number of likely N-dealkylation sites (tertiary alicyclic amines) is 1. The van der Waals surface area contributed by atoms with E-state index < -0.39 is 0 Å². The van der Waals surface area contributed by atoms with Crippen molar-refractivity contribution in [3.05, 3.63) is 29.8 Å². The number of carbonyl (C=O) groups is 1. The standard InChI is InChI=1S/C16H25N3O3/c1-18(10-11-20)12-22-15-4-2-13(3-5-15)16(21)19-8-6-14(17)7-9-19/h2-5,14,20H,6-12,17H2,1H3. The van der Waals surface area contributed by atoms with Crippen molar-refractivity contribution in [1.82, 2.24) is 9.80 Å². The van der Waals surface area contributed by atoms with Gasteiger partial charge in [0.05, 0.1) is 6.61 Å². The molecule has 0 unspecified atom stereocenters. The number of carbonyl (C=O) groups excluding carboxylic acids is 1. The first-order valence-electron chi connectivity index (χ1n) is 7.67. The fourth-order valence-corrected chi connectivity index (χ4v) is 2.40. The molecular formula is C16H25N3O3. The summed E-state index contributed by atoms with van der Waals surface area (Å²) < 4.78 is 5.59. The molecule has 3 N–H and O–H groups in total. The molecule has 0 radical (unpaired) electrons. The molecule has 6 heteroatoms. The van der Waals surface area contributed by atoms with Crippen molar-refractivity contribution in [2.45, 2.75) is 18.9 Å². The van der Waals surface area contributed by atoms with Crippen molar-refractivity contribution in [3.8, 4) is 5.75 Å². The van der Waals surface area contributed by atoms with Crippen molar-refractivity contribution < 1.29 is 14.6 Å². The van der Waals surface area contributed by atoms with Crippen molar-refractivity contribution in [2.24, 2.45) is 5.73 Å². The Labute approximate surface area is 131 Å². The molecule has 0 bridgehead atoms. The first kappa shape index (κ1) is 16.7. The summed E-state index contributed by atoms with van der Waals surface area (Å²) in [6, 6.07) is 7.40. The summed E-state index contributed by atoms with van der Waals surface area (Å²) in [6.45, 7) is 2.52. The molecule has 2 rings (SSSR count). The molecule has 122 valence electrons. The van der Waals surface area contributed by atoms with Gasteiger partial charge < -0.3 is 20.5 Å². The van der Waals surface area contributed by atoms with E-state index in [0.717, 1.165) is 25.9 Å². The van der Waals surface area contributed by atoms with Crippen LogP contribution in [0.2, 0.25) is 0 Å². The van der Waals surface area contributed by atoms with E-state index in [1.165, 1.54) is 0 Å². The number of aliphatic hydroxyl groups is 1. The summed E-state index contributed by atoms with van der Waals surface area (Å²) in [5, 5.41) is 8.82. The summed E-state index contributed by atoms with van der Waals surface area (Å²) in [4.78, 5) is 16.1. The SMILES string of the molecule is CN(CCO)COc1ccc(C(=O)N2CCC(N)CC2)cc1. The van der Waals surface area contributed by atoms with Crippen LogP contribution in [0.5, 0.6) is 5.75 Å². The Morgan fingerprint density at radius 2 is 2.00 bits per heavy atom. The van der Waals surface area contributed by atoms with Gasteiger partial charge in [0.15, 0.2) is 0 Å². The third-order valence-corrected chi connectivity index (χ3v) is 3.86. The Morgan fingerprint density at radius 1 is 1.36 bits per heavy atom. The first-order valence-corrected chi connectivity index (χ1v) is 7.67. The lowest BCUT2D eigenvalue weighted by molar-refractivity contribution is 0.0714. The van der Waals surface area contributed by atoms with E-state index in [1.807, 2.05) is 16.8 Å². The van der Waals surface area contributed by atoms with Crippen LogP contribution in [0.25, 0.3) is 0 Å². The Morgan fingerprint density at radius 3 is 2.59 bits per heavy atom. The number of amides is 1. The molecule has 1 aromatic carbocycles. The second-order valence-corrected chi connectivity index (χ2v) is 5.73. The lowest BCUT2D eigenvalue weighted by atomic mass is 10.0. The van der Waals surface area contributed by atoms with Gasteiger partial charge >= 0.3 is 0 Å². The summed E-state index contributed by atoms with van der Waals surface area (Å²) in [6.07, 6.45) is 1.73. The molecule has 1 fully saturated rings. The minimum Gasteiger partial charge on any atom is -0.478 e. The molecule has 1 amide bonds. The molecule has 1 saturated heterocycles. The number of likely N-dealkylation sites (N-methyl/N-ethyl adjacent to an activating group) is 1. The number of ether oxygens (including phenoxy) is 1. The van der Waals surface area contributed by atoms with E-state index in [1.54, 1.807) is 24.3 Å². The molecule has 22 heavy (non-hydrogen) atoms. The molecule has 6 nitrogen and oxygen atoms in total. The molecule has 1 heterocycles. The highest BCUT2D eigenvalue weighted by atomic mass is 16.5. The van der Waals surface area contributed by atoms with Crippen LogP contribution in [-0.4, -0.2) is 66.9 Å². The highest BCUT2D eigenvalue weighted by Crippen LogP contribution is 2.16. The Bertz CT molecular complexity index is 470. The number of benzene rings is 1. The predicted octanol–water partition coefficient (Wildman–Crippen LogP) is 0.510. The molecule has 0 aliphatic carbocycles. The highest BCUT2D eigenvalue weighted by molar-refractivity contribution is 5.94. The number of piperidine rings is 1. The van der Waals surface area contributed by atoms with Crippen LogP contribution in [0.4, 0.5) is 0 Å². The number of hydrogen-bond donors (Lipinski definition) is 2. The van der Waals surface area contributed by atoms with E-state index in [0.29, 0.717) is 24.6 Å². The van der Waals surface area contributed by atoms with Gasteiger partial charge in [0.25, 0.3) is 5.91 Å². The van der Waals surface area contributed by atoms with Crippen LogP contribution in [0.15, 0.2) is 24.3 Å². The largest absolute Gasteiger partial charge is 0.478 e. The lowest BCUT2D eigenvalue weighted by Crippen LogP contribution is -2.42. The Kier molecular flexibility index (Phi) is 6.18. The molecule has 1 aliphatic rings. The van der Waals surface area contributed by atoms with Gasteiger partial charge in [-0.2, -0.15) is 0 Å². The zero-order chi connectivity index (χ0) is 15.9. The van der Waals surface area contributed by atoms with Gasteiger partial charge in [0.1, 0.15) is 12.5 Å². The van der Waals surface area contributed by atoms with Gasteiger partial charge in [0, 0.05) is 31.2 Å². The molecule has 0 atom stereocenters. The first-order chi connectivity index (χ1) is 10.6. The number of hydrogen-bond acceptors (Lipinski definition) is 5. The summed E-state index contributed by atoms with van der Waals surface area (Å²) in [7, 11) is 1.87. The van der Waals surface area contributed by atoms with E-state index in [2.05, 4.69) is 0 Å². The van der Waals surface area contributed by atoms with Gasteiger partial charge in [-0.1, -0.05) is 0 Å². The topological polar surface area (TPSA) is 79.0 Å². The van der Waals surface area contributed by atoms with Crippen LogP contribution >= 0.6 is 0 Å². The summed E-state index contributed by atoms with van der Waals surface area (Å²) in [5.74, 6) is 0.762. The smallest absolute Gasteiger partial charge is 0.253 e. The highest BCUT2D eigenvalue weighted by Gasteiger charge is 2.21. The second-order valence-electron chi connectivity index (χ2n) is 5.73. The lowest BCUT2D eigenvalue weighted by Gasteiger charge is -2.30. The molecule has 1 aromatic rings. The monoisotopic (exact) mass is 307 g/mol. The number of nitrogens with two attached hydrogens (primary N) is 1. The normalized spacial score (nSPS) is 16.1. The van der Waals surface area contributed by atoms with Crippen LogP contribution in [0.3, 0.4) is 0 Å². The average molecular weight is 307 g/mol. The Hall–Kier alpha value is -1.63. The maximum Gasteiger partial charge on any atom is 0.253 e. The predicted molar refractivity (Wildman–Crippen MR) is 84.8 cm³/mol. The zero-order valence-electron chi connectivity index (χ0n) is 13.1. The number of rotatable bonds is 6. The molecule has 0 saturated carbocycles. The van der Waals surface area contributed by atoms with Gasteiger partial charge in [0.2, 0.25) is 0 Å². The Balaban J connectivity index is 1.87. The van der Waals surface area contributed by atoms with E-state index in [4.69, 9.17) is 15.6 Å². The fraction of sp³-hybridized carbons (Fsp3) is 0.562. The van der Waals surface area contributed by atoms with Gasteiger partial charge in [-0.3, -0.25) is 9.69 Å². The number of aliphatic hydroxyl groups excluding tert-OH is 1. The van der Waals surface area contributed by atoms with E-state index >= 15 is 0 Å². The van der Waals surface area contributed by atoms with Crippen molar-refractivity contribution in [3.63, 3.8) is 0 Å². The minimum atomic E-state index is 0.0517. The molecular weight excluding hydrogens is 282 g/mol. The average Bonchev–Trinajstić information content (AvgIpc) is 2.54. The fourth-order valence-electron chi connectivity index (χ4n) is 2.40. The van der Waals surface area contributed by atoms with Crippen molar-refractivity contribution in [1.29, 1.82) is 0 Å².